The Bertz CT molecular complexity index is 802. The van der Waals surface area contributed by atoms with E-state index in [9.17, 15) is 24.3 Å². The summed E-state index contributed by atoms with van der Waals surface area (Å²) in [6.45, 7) is 5.14. The molecule has 1 aromatic carbocycles. The van der Waals surface area contributed by atoms with Crippen molar-refractivity contribution in [2.75, 3.05) is 19.5 Å². The quantitative estimate of drug-likeness (QED) is 0.409. The number of ether oxygens (including phenoxy) is 1. The first-order valence-corrected chi connectivity index (χ1v) is 9.53. The minimum absolute atomic E-state index is 0.0802. The maximum Gasteiger partial charge on any atom is 0.309 e. The summed E-state index contributed by atoms with van der Waals surface area (Å²) >= 11 is 0. The third kappa shape index (κ3) is 4.58. The van der Waals surface area contributed by atoms with E-state index in [1.807, 2.05) is 0 Å². The number of carbonyl (C=O) groups is 4. The van der Waals surface area contributed by atoms with Gasteiger partial charge in [0.2, 0.25) is 17.7 Å². The van der Waals surface area contributed by atoms with Crippen LogP contribution in [0.4, 0.5) is 5.69 Å². The molecule has 0 saturated carbocycles. The second kappa shape index (κ2) is 8.63. The molecule has 29 heavy (non-hydrogen) atoms. The fourth-order valence-corrected chi connectivity index (χ4v) is 3.78. The first-order valence-electron chi connectivity index (χ1n) is 9.53. The molecular weight excluding hydrogens is 376 g/mol. The molecule has 8 nitrogen and oxygen atoms in total. The summed E-state index contributed by atoms with van der Waals surface area (Å²) in [5.74, 6) is -4.00. The van der Waals surface area contributed by atoms with E-state index < -0.39 is 41.0 Å². The van der Waals surface area contributed by atoms with E-state index in [1.165, 1.54) is 26.3 Å². The predicted octanol–water partition coefficient (Wildman–Crippen LogP) is 2.18. The van der Waals surface area contributed by atoms with Crippen LogP contribution in [0.2, 0.25) is 0 Å². The highest BCUT2D eigenvalue weighted by molar-refractivity contribution is 6.06. The first-order chi connectivity index (χ1) is 13.5. The number of methoxy groups -OCH3 is 1. The molecule has 1 aliphatic heterocycles. The van der Waals surface area contributed by atoms with Gasteiger partial charge in [0.05, 0.1) is 24.9 Å². The largest absolute Gasteiger partial charge is 0.508 e. The number of amides is 3. The van der Waals surface area contributed by atoms with Crippen LogP contribution in [-0.4, -0.2) is 47.9 Å². The number of hydrogen-bond acceptors (Lipinski definition) is 6. The van der Waals surface area contributed by atoms with E-state index in [0.717, 1.165) is 4.90 Å². The molecule has 0 radical (unpaired) electrons. The Labute approximate surface area is 170 Å². The lowest BCUT2D eigenvalue weighted by Gasteiger charge is -2.29. The van der Waals surface area contributed by atoms with Crippen molar-refractivity contribution in [2.45, 2.75) is 33.6 Å². The van der Waals surface area contributed by atoms with Crippen molar-refractivity contribution in [1.29, 1.82) is 0 Å². The maximum absolute atomic E-state index is 12.8. The van der Waals surface area contributed by atoms with Gasteiger partial charge >= 0.3 is 5.97 Å². The molecule has 0 spiro atoms. The van der Waals surface area contributed by atoms with E-state index in [0.29, 0.717) is 12.1 Å². The molecule has 8 heteroatoms. The van der Waals surface area contributed by atoms with Crippen molar-refractivity contribution in [1.82, 2.24) is 4.90 Å². The van der Waals surface area contributed by atoms with Crippen LogP contribution in [0, 0.1) is 23.2 Å². The Kier molecular flexibility index (Phi) is 6.66. The summed E-state index contributed by atoms with van der Waals surface area (Å²) < 4.78 is 4.83. The third-order valence-electron chi connectivity index (χ3n) is 5.54. The van der Waals surface area contributed by atoms with E-state index in [1.54, 1.807) is 32.9 Å². The molecule has 0 aliphatic carbocycles. The van der Waals surface area contributed by atoms with Crippen LogP contribution in [0.15, 0.2) is 24.3 Å². The highest BCUT2D eigenvalue weighted by Crippen LogP contribution is 2.41. The minimum Gasteiger partial charge on any atom is -0.508 e. The molecule has 1 aromatic rings. The van der Waals surface area contributed by atoms with Gasteiger partial charge in [-0.15, -0.1) is 0 Å². The number of esters is 1. The molecule has 158 valence electrons. The average Bonchev–Trinajstić information content (AvgIpc) is 2.88. The van der Waals surface area contributed by atoms with Gasteiger partial charge in [-0.2, -0.15) is 0 Å². The molecule has 1 saturated heterocycles. The lowest BCUT2D eigenvalue weighted by atomic mass is 9.73. The number of phenolic OH excluding ortho intramolecular Hbond substituents is 1. The van der Waals surface area contributed by atoms with Crippen molar-refractivity contribution in [2.24, 2.45) is 23.2 Å². The summed E-state index contributed by atoms with van der Waals surface area (Å²) in [7, 11) is 2.64. The molecule has 1 fully saturated rings. The third-order valence-corrected chi connectivity index (χ3v) is 5.54. The Morgan fingerprint density at radius 3 is 2.31 bits per heavy atom. The van der Waals surface area contributed by atoms with Crippen LogP contribution in [0.1, 0.15) is 33.6 Å². The highest BCUT2D eigenvalue weighted by Gasteiger charge is 2.53. The van der Waals surface area contributed by atoms with Gasteiger partial charge in [0.25, 0.3) is 0 Å². The molecule has 2 N–H and O–H groups in total. The fourth-order valence-electron chi connectivity index (χ4n) is 3.78. The Morgan fingerprint density at radius 1 is 1.21 bits per heavy atom. The smallest absolute Gasteiger partial charge is 0.309 e. The zero-order valence-electron chi connectivity index (χ0n) is 17.4. The van der Waals surface area contributed by atoms with Gasteiger partial charge in [0, 0.05) is 18.2 Å². The van der Waals surface area contributed by atoms with Gasteiger partial charge in [-0.05, 0) is 37.1 Å². The Hall–Kier alpha value is -2.90. The van der Waals surface area contributed by atoms with Crippen LogP contribution in [-0.2, 0) is 23.9 Å². The number of imide groups is 1. The summed E-state index contributed by atoms with van der Waals surface area (Å²) in [6.07, 6.45) is 0.449. The lowest BCUT2D eigenvalue weighted by molar-refractivity contribution is -0.151. The van der Waals surface area contributed by atoms with Gasteiger partial charge in [-0.3, -0.25) is 24.1 Å². The molecule has 2 rings (SSSR count). The number of phenols is 1. The Balaban J connectivity index is 2.25. The molecular formula is C21H28N2O6. The maximum atomic E-state index is 12.8. The molecule has 1 heterocycles. The van der Waals surface area contributed by atoms with Crippen LogP contribution < -0.4 is 5.32 Å². The molecule has 3 amide bonds. The van der Waals surface area contributed by atoms with Crippen molar-refractivity contribution in [3.05, 3.63) is 24.3 Å². The number of rotatable bonds is 7. The SMILES string of the molecule is CCC(C(=O)OC)C1C(=O)N(C)C(=O)C1CC(C)(C)C(=O)Nc1ccc(O)cc1. The molecule has 0 aromatic heterocycles. The van der Waals surface area contributed by atoms with Gasteiger partial charge in [0.1, 0.15) is 5.75 Å². The van der Waals surface area contributed by atoms with Crippen molar-refractivity contribution in [3.63, 3.8) is 0 Å². The number of hydrogen-bond donors (Lipinski definition) is 2. The first kappa shape index (κ1) is 22.4. The average molecular weight is 404 g/mol. The summed E-state index contributed by atoms with van der Waals surface area (Å²) in [4.78, 5) is 51.5. The highest BCUT2D eigenvalue weighted by atomic mass is 16.5. The molecule has 0 bridgehead atoms. The number of nitrogens with one attached hydrogen (secondary N) is 1. The van der Waals surface area contributed by atoms with E-state index in [2.05, 4.69) is 5.32 Å². The molecule has 3 atom stereocenters. The summed E-state index contributed by atoms with van der Waals surface area (Å²) in [5.41, 5.74) is -0.486. The van der Waals surface area contributed by atoms with E-state index in [4.69, 9.17) is 4.74 Å². The summed E-state index contributed by atoms with van der Waals surface area (Å²) in [5, 5.41) is 12.1. The second-order valence-electron chi connectivity index (χ2n) is 7.99. The number of nitrogens with zero attached hydrogens (tertiary/aromatic N) is 1. The van der Waals surface area contributed by atoms with Crippen molar-refractivity contribution < 1.29 is 29.0 Å². The van der Waals surface area contributed by atoms with Crippen LogP contribution in [0.25, 0.3) is 0 Å². The monoisotopic (exact) mass is 404 g/mol. The van der Waals surface area contributed by atoms with E-state index >= 15 is 0 Å². The fraction of sp³-hybridized carbons (Fsp3) is 0.524. The Morgan fingerprint density at radius 2 is 1.79 bits per heavy atom. The zero-order valence-corrected chi connectivity index (χ0v) is 17.4. The van der Waals surface area contributed by atoms with Gasteiger partial charge < -0.3 is 15.2 Å². The summed E-state index contributed by atoms with van der Waals surface area (Å²) in [6, 6.07) is 6.03. The normalized spacial score (nSPS) is 20.5. The number of benzene rings is 1. The van der Waals surface area contributed by atoms with E-state index in [-0.39, 0.29) is 18.1 Å². The van der Waals surface area contributed by atoms with Crippen molar-refractivity contribution in [3.8, 4) is 5.75 Å². The van der Waals surface area contributed by atoms with Gasteiger partial charge in [-0.25, -0.2) is 0 Å². The molecule has 1 aliphatic rings. The van der Waals surface area contributed by atoms with Gasteiger partial charge in [0.15, 0.2) is 0 Å². The minimum atomic E-state index is -0.990. The number of anilines is 1. The van der Waals surface area contributed by atoms with Crippen LogP contribution >= 0.6 is 0 Å². The second-order valence-corrected chi connectivity index (χ2v) is 7.99. The van der Waals surface area contributed by atoms with Crippen LogP contribution in [0.5, 0.6) is 5.75 Å². The zero-order chi connectivity index (χ0) is 21.9. The van der Waals surface area contributed by atoms with Crippen molar-refractivity contribution >= 4 is 29.4 Å². The number of aromatic hydroxyl groups is 1. The lowest BCUT2D eigenvalue weighted by Crippen LogP contribution is -2.38. The topological polar surface area (TPSA) is 113 Å². The standard InChI is InChI=1S/C21H28N2O6/c1-6-14(19(27)29-5)16-15(17(25)23(4)18(16)26)11-21(2,3)20(28)22-12-7-9-13(24)10-8-12/h7-10,14-16,24H,6,11H2,1-5H3,(H,22,28). The van der Waals surface area contributed by atoms with Gasteiger partial charge in [-0.1, -0.05) is 20.8 Å². The number of carbonyl (C=O) groups excluding carboxylic acids is 4. The predicted molar refractivity (Wildman–Crippen MR) is 106 cm³/mol. The van der Waals surface area contributed by atoms with Crippen LogP contribution in [0.3, 0.4) is 0 Å². The number of likely N-dealkylation sites (tertiary alicyclic amines) is 1. The molecule has 3 unspecified atom stereocenters.